The van der Waals surface area contributed by atoms with Crippen LogP contribution >= 0.6 is 0 Å². The Hall–Kier alpha value is -2.97. The van der Waals surface area contributed by atoms with Crippen molar-refractivity contribution in [2.75, 3.05) is 40.5 Å². The van der Waals surface area contributed by atoms with Crippen molar-refractivity contribution in [1.29, 1.82) is 0 Å². The number of rotatable bonds is 9. The first-order valence-corrected chi connectivity index (χ1v) is 9.69. The van der Waals surface area contributed by atoms with Crippen molar-refractivity contribution in [3.8, 4) is 17.2 Å². The number of nitrogens with zero attached hydrogens (tertiary/aromatic N) is 1. The van der Waals surface area contributed by atoms with Gasteiger partial charge in [-0.1, -0.05) is 12.8 Å². The molecule has 3 N–H and O–H groups in total. The Kier molecular flexibility index (Phi) is 8.57. The summed E-state index contributed by atoms with van der Waals surface area (Å²) in [7, 11) is 2.82. The molecule has 1 aliphatic heterocycles. The van der Waals surface area contributed by atoms with Gasteiger partial charge in [0.1, 0.15) is 0 Å². The quantitative estimate of drug-likeness (QED) is 0.632. The summed E-state index contributed by atoms with van der Waals surface area (Å²) in [5.74, 6) is -0.316. The van der Waals surface area contributed by atoms with Crippen LogP contribution in [0, 0.1) is 0 Å². The summed E-state index contributed by atoms with van der Waals surface area (Å²) in [5, 5.41) is 2.74. The molecule has 0 saturated carbocycles. The third-order valence-corrected chi connectivity index (χ3v) is 4.66. The summed E-state index contributed by atoms with van der Waals surface area (Å²) >= 11 is 0. The van der Waals surface area contributed by atoms with Gasteiger partial charge in [0.2, 0.25) is 11.7 Å². The summed E-state index contributed by atoms with van der Waals surface area (Å²) in [4.78, 5) is 37.7. The molecule has 0 radical (unpaired) electrons. The number of carbonyl (C=O) groups excluding carboxylic acids is 3. The average molecular weight is 407 g/mol. The summed E-state index contributed by atoms with van der Waals surface area (Å²) < 4.78 is 15.8. The number of benzene rings is 1. The van der Waals surface area contributed by atoms with Crippen LogP contribution in [-0.4, -0.2) is 63.1 Å². The minimum atomic E-state index is -0.648. The van der Waals surface area contributed by atoms with E-state index in [9.17, 15) is 14.4 Å². The zero-order valence-electron chi connectivity index (χ0n) is 17.0. The maximum atomic E-state index is 12.5. The van der Waals surface area contributed by atoms with Crippen LogP contribution in [-0.2, 0) is 9.59 Å². The molecule has 0 aliphatic carbocycles. The van der Waals surface area contributed by atoms with E-state index in [-0.39, 0.29) is 54.2 Å². The van der Waals surface area contributed by atoms with Crippen molar-refractivity contribution < 1.29 is 28.6 Å². The zero-order chi connectivity index (χ0) is 21.2. The van der Waals surface area contributed by atoms with Gasteiger partial charge < -0.3 is 30.2 Å². The van der Waals surface area contributed by atoms with E-state index < -0.39 is 5.91 Å². The lowest BCUT2D eigenvalue weighted by Gasteiger charge is -2.20. The molecule has 29 heavy (non-hydrogen) atoms. The van der Waals surface area contributed by atoms with Crippen molar-refractivity contribution in [2.24, 2.45) is 5.73 Å². The Morgan fingerprint density at radius 3 is 2.14 bits per heavy atom. The number of methoxy groups -OCH3 is 2. The largest absolute Gasteiger partial charge is 0.493 e. The Bertz CT molecular complexity index is 704. The lowest BCUT2D eigenvalue weighted by atomic mass is 10.1. The molecule has 1 aromatic carbocycles. The van der Waals surface area contributed by atoms with E-state index in [4.69, 9.17) is 19.9 Å². The number of primary amides is 1. The molecule has 1 saturated heterocycles. The highest BCUT2D eigenvalue weighted by Crippen LogP contribution is 2.38. The minimum Gasteiger partial charge on any atom is -0.493 e. The molecular weight excluding hydrogens is 378 g/mol. The molecule has 0 spiro atoms. The molecule has 0 atom stereocenters. The number of ether oxygens (including phenoxy) is 3. The van der Waals surface area contributed by atoms with Gasteiger partial charge in [-0.05, 0) is 25.0 Å². The molecule has 0 unspecified atom stereocenters. The lowest BCUT2D eigenvalue weighted by molar-refractivity contribution is -0.131. The second-order valence-corrected chi connectivity index (χ2v) is 6.77. The monoisotopic (exact) mass is 407 g/mol. The molecule has 1 fully saturated rings. The summed E-state index contributed by atoms with van der Waals surface area (Å²) in [6.45, 7) is 1.46. The summed E-state index contributed by atoms with van der Waals surface area (Å²) in [5.41, 5.74) is 5.39. The summed E-state index contributed by atoms with van der Waals surface area (Å²) in [6, 6.07) is 2.95. The first kappa shape index (κ1) is 22.3. The fourth-order valence-electron chi connectivity index (χ4n) is 3.16. The van der Waals surface area contributed by atoms with Crippen molar-refractivity contribution in [1.82, 2.24) is 10.2 Å². The summed E-state index contributed by atoms with van der Waals surface area (Å²) in [6.07, 6.45) is 4.62. The fraction of sp³-hybridized carbons (Fsp3) is 0.550. The molecule has 0 bridgehead atoms. The predicted molar refractivity (Wildman–Crippen MR) is 106 cm³/mol. The Labute approximate surface area is 170 Å². The van der Waals surface area contributed by atoms with Gasteiger partial charge in [0.25, 0.3) is 11.8 Å². The molecule has 160 valence electrons. The van der Waals surface area contributed by atoms with Crippen LogP contribution in [0.25, 0.3) is 0 Å². The third-order valence-electron chi connectivity index (χ3n) is 4.66. The van der Waals surface area contributed by atoms with Gasteiger partial charge in [-0.25, -0.2) is 0 Å². The first-order chi connectivity index (χ1) is 14.0. The van der Waals surface area contributed by atoms with Crippen LogP contribution in [0.1, 0.15) is 42.5 Å². The highest BCUT2D eigenvalue weighted by atomic mass is 16.5. The number of carbonyl (C=O) groups is 3. The Balaban J connectivity index is 1.98. The van der Waals surface area contributed by atoms with Crippen LogP contribution < -0.4 is 25.3 Å². The number of amides is 3. The Morgan fingerprint density at radius 2 is 1.62 bits per heavy atom. The molecular formula is C20H29N3O6. The van der Waals surface area contributed by atoms with Crippen LogP contribution in [0.4, 0.5) is 0 Å². The van der Waals surface area contributed by atoms with E-state index in [0.717, 1.165) is 38.8 Å². The van der Waals surface area contributed by atoms with Crippen LogP contribution in [0.3, 0.4) is 0 Å². The maximum Gasteiger partial charge on any atom is 0.255 e. The molecule has 3 amide bonds. The van der Waals surface area contributed by atoms with Crippen molar-refractivity contribution in [2.45, 2.75) is 32.1 Å². The fourth-order valence-corrected chi connectivity index (χ4v) is 3.16. The van der Waals surface area contributed by atoms with E-state index in [2.05, 4.69) is 5.32 Å². The van der Waals surface area contributed by atoms with Crippen molar-refractivity contribution in [3.05, 3.63) is 17.7 Å². The van der Waals surface area contributed by atoms with Crippen molar-refractivity contribution in [3.63, 3.8) is 0 Å². The number of nitrogens with two attached hydrogens (primary N) is 1. The molecule has 9 heteroatoms. The number of hydrogen-bond acceptors (Lipinski definition) is 6. The normalized spacial score (nSPS) is 13.9. The van der Waals surface area contributed by atoms with Crippen LogP contribution in [0.15, 0.2) is 12.1 Å². The van der Waals surface area contributed by atoms with Crippen molar-refractivity contribution >= 4 is 17.7 Å². The topological polar surface area (TPSA) is 120 Å². The van der Waals surface area contributed by atoms with Gasteiger partial charge in [0.15, 0.2) is 18.1 Å². The Morgan fingerprint density at radius 1 is 1.03 bits per heavy atom. The molecule has 0 aromatic heterocycles. The van der Waals surface area contributed by atoms with Gasteiger partial charge in [-0.2, -0.15) is 0 Å². The highest BCUT2D eigenvalue weighted by Gasteiger charge is 2.19. The molecule has 9 nitrogen and oxygen atoms in total. The first-order valence-electron chi connectivity index (χ1n) is 9.69. The molecule has 1 aliphatic rings. The number of nitrogens with one attached hydrogen (secondary N) is 1. The van der Waals surface area contributed by atoms with Crippen LogP contribution in [0.2, 0.25) is 0 Å². The van der Waals surface area contributed by atoms with E-state index >= 15 is 0 Å². The number of hydrogen-bond donors (Lipinski definition) is 2. The zero-order valence-corrected chi connectivity index (χ0v) is 17.0. The van der Waals surface area contributed by atoms with Gasteiger partial charge in [0, 0.05) is 31.6 Å². The van der Waals surface area contributed by atoms with Gasteiger partial charge in [-0.15, -0.1) is 0 Å². The average Bonchev–Trinajstić information content (AvgIpc) is 3.00. The maximum absolute atomic E-state index is 12.5. The predicted octanol–water partition coefficient (Wildman–Crippen LogP) is 1.09. The second-order valence-electron chi connectivity index (χ2n) is 6.77. The van der Waals surface area contributed by atoms with E-state index in [0.29, 0.717) is 0 Å². The third kappa shape index (κ3) is 6.55. The van der Waals surface area contributed by atoms with Gasteiger partial charge >= 0.3 is 0 Å². The minimum absolute atomic E-state index is 0.0533. The van der Waals surface area contributed by atoms with E-state index in [1.165, 1.54) is 26.4 Å². The lowest BCUT2D eigenvalue weighted by Crippen LogP contribution is -2.35. The van der Waals surface area contributed by atoms with Gasteiger partial charge in [0.05, 0.1) is 14.2 Å². The van der Waals surface area contributed by atoms with E-state index in [1.54, 1.807) is 0 Å². The standard InChI is InChI=1S/C20H29N3O6/c1-27-15-11-14(12-16(28-2)19(15)29-13-17(21)24)20(26)22-8-7-18(25)23-9-5-3-4-6-10-23/h11-12H,3-10,13H2,1-2H3,(H2,21,24)(H,22,26). The molecule has 1 aromatic rings. The molecule has 2 rings (SSSR count). The van der Waals surface area contributed by atoms with Crippen LogP contribution in [0.5, 0.6) is 17.2 Å². The highest BCUT2D eigenvalue weighted by molar-refractivity contribution is 5.96. The van der Waals surface area contributed by atoms with E-state index in [1.807, 2.05) is 4.90 Å². The number of likely N-dealkylation sites (tertiary alicyclic amines) is 1. The second kappa shape index (κ2) is 11.1. The van der Waals surface area contributed by atoms with Gasteiger partial charge in [-0.3, -0.25) is 14.4 Å². The SMILES string of the molecule is COc1cc(C(=O)NCCC(=O)N2CCCCCC2)cc(OC)c1OCC(N)=O. The smallest absolute Gasteiger partial charge is 0.255 e. The molecule has 1 heterocycles.